The van der Waals surface area contributed by atoms with Crippen LogP contribution in [0.15, 0.2) is 30.3 Å². The maximum absolute atomic E-state index is 13.3. The van der Waals surface area contributed by atoms with Crippen LogP contribution in [-0.4, -0.2) is 28.8 Å². The number of alkyl halides is 1. The van der Waals surface area contributed by atoms with Crippen LogP contribution in [0.1, 0.15) is 12.5 Å². The molecule has 0 aromatic heterocycles. The molecule has 0 radical (unpaired) electrons. The predicted molar refractivity (Wildman–Crippen MR) is 53.8 cm³/mol. The van der Waals surface area contributed by atoms with Crippen LogP contribution >= 0.6 is 0 Å². The summed E-state index contributed by atoms with van der Waals surface area (Å²) in [4.78, 5) is 0. The van der Waals surface area contributed by atoms with Gasteiger partial charge in [-0.15, -0.1) is 0 Å². The summed E-state index contributed by atoms with van der Waals surface area (Å²) in [5, 5.41) is 17.4. The van der Waals surface area contributed by atoms with Crippen molar-refractivity contribution in [3.8, 4) is 0 Å². The van der Waals surface area contributed by atoms with Gasteiger partial charge < -0.3 is 14.9 Å². The summed E-state index contributed by atoms with van der Waals surface area (Å²) in [6.07, 6.45) is -2.02. The van der Waals surface area contributed by atoms with E-state index in [4.69, 9.17) is 14.9 Å². The van der Waals surface area contributed by atoms with E-state index in [1.807, 2.05) is 30.3 Å². The molecule has 1 aromatic rings. The summed E-state index contributed by atoms with van der Waals surface area (Å²) in [7, 11) is 0. The highest BCUT2D eigenvalue weighted by atomic mass is 19.1. The van der Waals surface area contributed by atoms with Crippen LogP contribution in [-0.2, 0) is 11.3 Å². The monoisotopic (exact) mass is 214 g/mol. The van der Waals surface area contributed by atoms with Crippen molar-refractivity contribution in [2.75, 3.05) is 6.61 Å². The van der Waals surface area contributed by atoms with Gasteiger partial charge in [-0.1, -0.05) is 30.3 Å². The first-order chi connectivity index (χ1) is 7.02. The number of rotatable bonds is 5. The van der Waals surface area contributed by atoms with E-state index >= 15 is 0 Å². The number of hydrogen-bond acceptors (Lipinski definition) is 3. The van der Waals surface area contributed by atoms with E-state index in [-0.39, 0.29) is 13.2 Å². The largest absolute Gasteiger partial charge is 0.373 e. The number of aliphatic hydroxyl groups excluding tert-OH is 1. The normalized spacial score (nSPS) is 15.3. The molecule has 4 heteroatoms. The molecule has 0 bridgehead atoms. The standard InChI is InChI=1S/C11H15FO3/c1-11(12,10(13)14)8-15-7-9-5-3-2-4-6-9/h2-6,10,13-14H,7-8H2,1H3. The van der Waals surface area contributed by atoms with Gasteiger partial charge in [0.15, 0.2) is 12.0 Å². The lowest BCUT2D eigenvalue weighted by Gasteiger charge is -2.21. The van der Waals surface area contributed by atoms with Crippen molar-refractivity contribution < 1.29 is 19.3 Å². The van der Waals surface area contributed by atoms with E-state index in [0.717, 1.165) is 12.5 Å². The Bertz CT molecular complexity index is 285. The second-order valence-corrected chi connectivity index (χ2v) is 3.63. The molecule has 1 atom stereocenters. The van der Waals surface area contributed by atoms with Crippen LogP contribution < -0.4 is 0 Å². The smallest absolute Gasteiger partial charge is 0.188 e. The van der Waals surface area contributed by atoms with Crippen molar-refractivity contribution in [1.82, 2.24) is 0 Å². The Hall–Kier alpha value is -0.970. The fraction of sp³-hybridized carbons (Fsp3) is 0.455. The third-order valence-corrected chi connectivity index (χ3v) is 2.03. The Kier molecular flexibility index (Phi) is 4.20. The lowest BCUT2D eigenvalue weighted by Crippen LogP contribution is -2.39. The molecule has 0 fully saturated rings. The quantitative estimate of drug-likeness (QED) is 0.725. The van der Waals surface area contributed by atoms with E-state index in [9.17, 15) is 4.39 Å². The minimum Gasteiger partial charge on any atom is -0.373 e. The zero-order valence-electron chi connectivity index (χ0n) is 8.56. The van der Waals surface area contributed by atoms with Gasteiger partial charge >= 0.3 is 0 Å². The first kappa shape index (κ1) is 12.1. The van der Waals surface area contributed by atoms with Crippen molar-refractivity contribution >= 4 is 0 Å². The molecule has 1 rings (SSSR count). The molecule has 0 amide bonds. The Morgan fingerprint density at radius 1 is 1.33 bits per heavy atom. The highest BCUT2D eigenvalue weighted by Gasteiger charge is 2.31. The molecule has 15 heavy (non-hydrogen) atoms. The molecule has 0 heterocycles. The third kappa shape index (κ3) is 3.95. The molecule has 0 aliphatic heterocycles. The Morgan fingerprint density at radius 2 is 1.93 bits per heavy atom. The van der Waals surface area contributed by atoms with Crippen molar-refractivity contribution in [2.45, 2.75) is 25.5 Å². The number of halogens is 1. The first-order valence-electron chi connectivity index (χ1n) is 4.69. The van der Waals surface area contributed by atoms with Gasteiger partial charge in [-0.2, -0.15) is 0 Å². The Balaban J connectivity index is 2.34. The van der Waals surface area contributed by atoms with Gasteiger partial charge in [0.2, 0.25) is 0 Å². The number of aliphatic hydroxyl groups is 2. The molecule has 0 aliphatic carbocycles. The maximum atomic E-state index is 13.3. The average Bonchev–Trinajstić information content (AvgIpc) is 2.19. The van der Waals surface area contributed by atoms with Crippen molar-refractivity contribution in [2.24, 2.45) is 0 Å². The van der Waals surface area contributed by atoms with Gasteiger partial charge in [0.05, 0.1) is 13.2 Å². The van der Waals surface area contributed by atoms with Gasteiger partial charge in [-0.25, -0.2) is 4.39 Å². The van der Waals surface area contributed by atoms with Crippen LogP contribution in [0.3, 0.4) is 0 Å². The van der Waals surface area contributed by atoms with E-state index < -0.39 is 12.0 Å². The number of benzene rings is 1. The Morgan fingerprint density at radius 3 is 2.47 bits per heavy atom. The summed E-state index contributed by atoms with van der Waals surface area (Å²) in [5.41, 5.74) is -1.21. The van der Waals surface area contributed by atoms with Gasteiger partial charge in [-0.05, 0) is 12.5 Å². The van der Waals surface area contributed by atoms with E-state index in [0.29, 0.717) is 0 Å². The van der Waals surface area contributed by atoms with Crippen LogP contribution in [0.2, 0.25) is 0 Å². The topological polar surface area (TPSA) is 49.7 Å². The summed E-state index contributed by atoms with van der Waals surface area (Å²) in [5.74, 6) is 0. The van der Waals surface area contributed by atoms with Crippen molar-refractivity contribution in [3.63, 3.8) is 0 Å². The van der Waals surface area contributed by atoms with E-state index in [2.05, 4.69) is 0 Å². The van der Waals surface area contributed by atoms with Gasteiger partial charge in [-0.3, -0.25) is 0 Å². The second kappa shape index (κ2) is 5.21. The Labute approximate surface area is 88.1 Å². The third-order valence-electron chi connectivity index (χ3n) is 2.03. The van der Waals surface area contributed by atoms with Crippen LogP contribution in [0.5, 0.6) is 0 Å². The summed E-state index contributed by atoms with van der Waals surface area (Å²) >= 11 is 0. The average molecular weight is 214 g/mol. The molecular weight excluding hydrogens is 199 g/mol. The van der Waals surface area contributed by atoms with Gasteiger partial charge in [0.25, 0.3) is 0 Å². The molecule has 0 spiro atoms. The molecule has 84 valence electrons. The molecule has 0 saturated heterocycles. The molecular formula is C11H15FO3. The highest BCUT2D eigenvalue weighted by molar-refractivity contribution is 5.13. The van der Waals surface area contributed by atoms with E-state index in [1.165, 1.54) is 0 Å². The summed E-state index contributed by atoms with van der Waals surface area (Å²) in [6.45, 7) is 0.995. The fourth-order valence-corrected chi connectivity index (χ4v) is 1.02. The van der Waals surface area contributed by atoms with Crippen LogP contribution in [0.25, 0.3) is 0 Å². The fourth-order valence-electron chi connectivity index (χ4n) is 1.02. The van der Waals surface area contributed by atoms with Crippen molar-refractivity contribution in [3.05, 3.63) is 35.9 Å². The zero-order valence-corrected chi connectivity index (χ0v) is 8.56. The zero-order chi connectivity index (χ0) is 11.3. The van der Waals surface area contributed by atoms with Crippen molar-refractivity contribution in [1.29, 1.82) is 0 Å². The summed E-state index contributed by atoms with van der Waals surface area (Å²) < 4.78 is 18.3. The molecule has 1 unspecified atom stereocenters. The van der Waals surface area contributed by atoms with Crippen LogP contribution in [0.4, 0.5) is 4.39 Å². The van der Waals surface area contributed by atoms with E-state index in [1.54, 1.807) is 0 Å². The number of hydrogen-bond donors (Lipinski definition) is 2. The molecule has 0 aliphatic rings. The lowest BCUT2D eigenvalue weighted by molar-refractivity contribution is -0.163. The second-order valence-electron chi connectivity index (χ2n) is 3.63. The molecule has 1 aromatic carbocycles. The summed E-state index contributed by atoms with van der Waals surface area (Å²) in [6, 6.07) is 9.29. The molecule has 3 nitrogen and oxygen atoms in total. The SMILES string of the molecule is CC(F)(COCc1ccccc1)C(O)O. The minimum absolute atomic E-state index is 0.257. The van der Waals surface area contributed by atoms with Crippen LogP contribution in [0, 0.1) is 0 Å². The first-order valence-corrected chi connectivity index (χ1v) is 4.69. The number of ether oxygens (including phenoxy) is 1. The lowest BCUT2D eigenvalue weighted by atomic mass is 10.1. The molecule has 2 N–H and O–H groups in total. The minimum atomic E-state index is -2.13. The van der Waals surface area contributed by atoms with Gasteiger partial charge in [0, 0.05) is 0 Å². The highest BCUT2D eigenvalue weighted by Crippen LogP contribution is 2.15. The van der Waals surface area contributed by atoms with Gasteiger partial charge in [0.1, 0.15) is 0 Å². The molecule has 0 saturated carbocycles. The predicted octanol–water partition coefficient (Wildman–Crippen LogP) is 1.24. The maximum Gasteiger partial charge on any atom is 0.188 e.